The molecule has 1 N–H and O–H groups in total. The van der Waals surface area contributed by atoms with Crippen molar-refractivity contribution in [2.24, 2.45) is 19.2 Å². The molecule has 0 aliphatic carbocycles. The van der Waals surface area contributed by atoms with Crippen molar-refractivity contribution in [2.75, 3.05) is 5.75 Å². The van der Waals surface area contributed by atoms with Crippen molar-refractivity contribution in [3.8, 4) is 0 Å². The molecule has 0 saturated carbocycles. The number of carbonyl (C=O) groups excluding carboxylic acids is 1. The van der Waals surface area contributed by atoms with Crippen molar-refractivity contribution in [3.63, 3.8) is 0 Å². The lowest BCUT2D eigenvalue weighted by molar-refractivity contribution is -0.118. The summed E-state index contributed by atoms with van der Waals surface area (Å²) in [5.41, 5.74) is 2.61. The molecule has 0 spiro atoms. The highest BCUT2D eigenvalue weighted by molar-refractivity contribution is 7.99. The maximum absolute atomic E-state index is 13.0. The molecule has 0 saturated heterocycles. The highest BCUT2D eigenvalue weighted by Gasteiger charge is 2.12. The number of rotatable bonds is 6. The molecule has 1 amide bonds. The van der Waals surface area contributed by atoms with Crippen LogP contribution in [0.2, 0.25) is 0 Å². The molecule has 10 heteroatoms. The van der Waals surface area contributed by atoms with Crippen LogP contribution in [0.15, 0.2) is 44.0 Å². The van der Waals surface area contributed by atoms with E-state index >= 15 is 0 Å². The number of hydrogen-bond donors (Lipinski definition) is 1. The SMILES string of the molecule is CC/C(=N/NC(=O)CSc1nn(C)c(=O)n(C)c1=O)c1ccc(F)cc1. The van der Waals surface area contributed by atoms with Gasteiger partial charge in [-0.15, -0.1) is 0 Å². The molecule has 0 aliphatic heterocycles. The first-order valence-electron chi connectivity index (χ1n) is 7.72. The van der Waals surface area contributed by atoms with E-state index in [1.54, 1.807) is 12.1 Å². The molecule has 26 heavy (non-hydrogen) atoms. The van der Waals surface area contributed by atoms with Crippen LogP contribution in [0.1, 0.15) is 18.9 Å². The summed E-state index contributed by atoms with van der Waals surface area (Å²) >= 11 is 0.914. The van der Waals surface area contributed by atoms with E-state index in [2.05, 4.69) is 15.6 Å². The maximum Gasteiger partial charge on any atom is 0.346 e. The van der Waals surface area contributed by atoms with Crippen LogP contribution in [0.4, 0.5) is 4.39 Å². The molecule has 8 nitrogen and oxygen atoms in total. The van der Waals surface area contributed by atoms with Crippen LogP contribution in [0, 0.1) is 5.82 Å². The molecule has 1 aromatic carbocycles. The highest BCUT2D eigenvalue weighted by Crippen LogP contribution is 2.09. The number of aromatic nitrogens is 3. The second-order valence-electron chi connectivity index (χ2n) is 5.32. The second kappa shape index (κ2) is 8.56. The minimum Gasteiger partial charge on any atom is -0.272 e. The number of hydrogen-bond acceptors (Lipinski definition) is 6. The van der Waals surface area contributed by atoms with Crippen LogP contribution in [0.5, 0.6) is 0 Å². The van der Waals surface area contributed by atoms with Crippen LogP contribution in [-0.2, 0) is 18.9 Å². The monoisotopic (exact) mass is 379 g/mol. The Morgan fingerprint density at radius 2 is 1.92 bits per heavy atom. The van der Waals surface area contributed by atoms with Crippen molar-refractivity contribution in [2.45, 2.75) is 18.4 Å². The Bertz CT molecular complexity index is 950. The predicted octanol–water partition coefficient (Wildman–Crippen LogP) is 0.641. The Labute approximate surface area is 152 Å². The Hall–Kier alpha value is -2.75. The molecular weight excluding hydrogens is 361 g/mol. The third-order valence-electron chi connectivity index (χ3n) is 3.46. The van der Waals surface area contributed by atoms with E-state index in [9.17, 15) is 18.8 Å². The van der Waals surface area contributed by atoms with Gasteiger partial charge in [0.1, 0.15) is 5.82 Å². The molecule has 1 heterocycles. The minimum atomic E-state index is -0.560. The molecule has 0 atom stereocenters. The quantitative estimate of drug-likeness (QED) is 0.451. The van der Waals surface area contributed by atoms with Gasteiger partial charge in [0.25, 0.3) is 5.56 Å². The Morgan fingerprint density at radius 1 is 1.27 bits per heavy atom. The summed E-state index contributed by atoms with van der Waals surface area (Å²) in [6.07, 6.45) is 0.544. The Kier molecular flexibility index (Phi) is 6.45. The zero-order chi connectivity index (χ0) is 19.3. The zero-order valence-corrected chi connectivity index (χ0v) is 15.3. The minimum absolute atomic E-state index is 0.0444. The number of halogens is 1. The summed E-state index contributed by atoms with van der Waals surface area (Å²) in [6, 6.07) is 5.80. The summed E-state index contributed by atoms with van der Waals surface area (Å²) in [7, 11) is 2.77. The predicted molar refractivity (Wildman–Crippen MR) is 96.8 cm³/mol. The largest absolute Gasteiger partial charge is 0.346 e. The molecule has 0 bridgehead atoms. The normalized spacial score (nSPS) is 11.5. The van der Waals surface area contributed by atoms with Crippen LogP contribution < -0.4 is 16.7 Å². The average Bonchev–Trinajstić information content (AvgIpc) is 2.63. The lowest BCUT2D eigenvalue weighted by atomic mass is 10.1. The fourth-order valence-corrected chi connectivity index (χ4v) is 2.82. The highest BCUT2D eigenvalue weighted by atomic mass is 32.2. The van der Waals surface area contributed by atoms with Gasteiger partial charge in [0.05, 0.1) is 11.5 Å². The summed E-state index contributed by atoms with van der Waals surface area (Å²) < 4.78 is 14.9. The fraction of sp³-hybridized carbons (Fsp3) is 0.312. The van der Waals surface area contributed by atoms with E-state index in [0.717, 1.165) is 21.0 Å². The van der Waals surface area contributed by atoms with Gasteiger partial charge < -0.3 is 0 Å². The van der Waals surface area contributed by atoms with Gasteiger partial charge >= 0.3 is 5.69 Å². The van der Waals surface area contributed by atoms with Crippen molar-refractivity contribution in [1.82, 2.24) is 19.8 Å². The molecule has 2 aromatic rings. The van der Waals surface area contributed by atoms with Crippen LogP contribution in [0.3, 0.4) is 0 Å². The van der Waals surface area contributed by atoms with E-state index in [-0.39, 0.29) is 16.6 Å². The first-order valence-corrected chi connectivity index (χ1v) is 8.70. The summed E-state index contributed by atoms with van der Waals surface area (Å²) in [4.78, 5) is 35.5. The molecule has 0 unspecified atom stereocenters. The molecule has 0 aliphatic rings. The molecule has 2 rings (SSSR count). The number of thioether (sulfide) groups is 1. The van der Waals surface area contributed by atoms with Gasteiger partial charge in [0.15, 0.2) is 5.03 Å². The van der Waals surface area contributed by atoms with Crippen LogP contribution in [0.25, 0.3) is 0 Å². The molecule has 0 fully saturated rings. The summed E-state index contributed by atoms with van der Waals surface area (Å²) in [6.45, 7) is 1.86. The molecule has 1 aromatic heterocycles. The van der Waals surface area contributed by atoms with Gasteiger partial charge in [-0.2, -0.15) is 10.2 Å². The summed E-state index contributed by atoms with van der Waals surface area (Å²) in [5.74, 6) is -0.874. The van der Waals surface area contributed by atoms with Crippen molar-refractivity contribution in [3.05, 3.63) is 56.5 Å². The number of benzene rings is 1. The van der Waals surface area contributed by atoms with E-state index in [0.29, 0.717) is 17.7 Å². The molecule has 138 valence electrons. The number of hydrazone groups is 1. The van der Waals surface area contributed by atoms with E-state index in [4.69, 9.17) is 0 Å². The lowest BCUT2D eigenvalue weighted by Crippen LogP contribution is -2.39. The zero-order valence-electron chi connectivity index (χ0n) is 14.5. The van der Waals surface area contributed by atoms with Crippen molar-refractivity contribution < 1.29 is 9.18 Å². The van der Waals surface area contributed by atoms with Crippen LogP contribution in [-0.4, -0.2) is 31.7 Å². The number of nitrogens with one attached hydrogen (secondary N) is 1. The van der Waals surface area contributed by atoms with E-state index in [1.165, 1.54) is 26.2 Å². The maximum atomic E-state index is 13.0. The average molecular weight is 379 g/mol. The Balaban J connectivity index is 2.04. The topological polar surface area (TPSA) is 98.3 Å². The van der Waals surface area contributed by atoms with Crippen molar-refractivity contribution in [1.29, 1.82) is 0 Å². The third-order valence-corrected chi connectivity index (χ3v) is 4.40. The number of carbonyl (C=O) groups is 1. The first-order chi connectivity index (χ1) is 12.3. The van der Waals surface area contributed by atoms with E-state index < -0.39 is 17.2 Å². The van der Waals surface area contributed by atoms with Crippen molar-refractivity contribution >= 4 is 23.4 Å². The van der Waals surface area contributed by atoms with Gasteiger partial charge in [-0.3, -0.25) is 14.2 Å². The van der Waals surface area contributed by atoms with Gasteiger partial charge in [-0.05, 0) is 24.1 Å². The third kappa shape index (κ3) is 4.66. The summed E-state index contributed by atoms with van der Waals surface area (Å²) in [5, 5.41) is 7.95. The number of aryl methyl sites for hydroxylation is 1. The standard InChI is InChI=1S/C16H18FN5O3S/c1-4-12(10-5-7-11(17)8-6-10)18-19-13(23)9-26-14-15(24)21(2)16(25)22(3)20-14/h5-8H,4,9H2,1-3H3,(H,19,23)/b18-12-. The fourth-order valence-electron chi connectivity index (χ4n) is 2.05. The molecule has 0 radical (unpaired) electrons. The number of amides is 1. The lowest BCUT2D eigenvalue weighted by Gasteiger charge is -2.06. The van der Waals surface area contributed by atoms with Crippen LogP contribution >= 0.6 is 11.8 Å². The Morgan fingerprint density at radius 3 is 2.54 bits per heavy atom. The number of nitrogens with zero attached hydrogens (tertiary/aromatic N) is 4. The van der Waals surface area contributed by atoms with E-state index in [1.807, 2.05) is 6.92 Å². The second-order valence-corrected chi connectivity index (χ2v) is 6.28. The van der Waals surface area contributed by atoms with Gasteiger partial charge in [0.2, 0.25) is 5.91 Å². The molecular formula is C16H18FN5O3S. The smallest absolute Gasteiger partial charge is 0.272 e. The first kappa shape index (κ1) is 19.6. The van der Waals surface area contributed by atoms with Gasteiger partial charge in [-0.25, -0.2) is 19.3 Å². The van der Waals surface area contributed by atoms with Gasteiger partial charge in [0, 0.05) is 14.1 Å². The van der Waals surface area contributed by atoms with Gasteiger partial charge in [-0.1, -0.05) is 30.8 Å².